The largest absolute Gasteiger partial charge is 0.406 e. The summed E-state index contributed by atoms with van der Waals surface area (Å²) < 4.78 is 11.1. The van der Waals surface area contributed by atoms with E-state index >= 15 is 0 Å². The molecule has 2 unspecified atom stereocenters. The zero-order valence-electron chi connectivity index (χ0n) is 10.6. The van der Waals surface area contributed by atoms with E-state index in [0.717, 1.165) is 25.9 Å². The predicted molar refractivity (Wildman–Crippen MR) is 63.8 cm³/mol. The van der Waals surface area contributed by atoms with Crippen molar-refractivity contribution in [1.82, 2.24) is 10.2 Å². The number of nitrogens with two attached hydrogens (primary N) is 1. The molecule has 1 fully saturated rings. The van der Waals surface area contributed by atoms with Crippen molar-refractivity contribution in [3.05, 3.63) is 5.89 Å². The summed E-state index contributed by atoms with van der Waals surface area (Å²) >= 11 is 0. The molecule has 0 saturated carbocycles. The number of aromatic nitrogens is 2. The van der Waals surface area contributed by atoms with E-state index in [1.54, 1.807) is 7.11 Å². The number of ether oxygens (including phenoxy) is 1. The van der Waals surface area contributed by atoms with Gasteiger partial charge in [-0.05, 0) is 26.7 Å². The summed E-state index contributed by atoms with van der Waals surface area (Å²) in [4.78, 5) is 2.06. The molecule has 1 aromatic rings. The van der Waals surface area contributed by atoms with E-state index in [1.807, 2.05) is 6.92 Å². The molecule has 0 radical (unpaired) electrons. The van der Waals surface area contributed by atoms with E-state index in [1.165, 1.54) is 0 Å². The maximum atomic E-state index is 5.70. The van der Waals surface area contributed by atoms with Gasteiger partial charge in [0.2, 0.25) is 5.89 Å². The van der Waals surface area contributed by atoms with Gasteiger partial charge in [-0.2, -0.15) is 0 Å². The summed E-state index contributed by atoms with van der Waals surface area (Å²) in [6.45, 7) is 5.61. The van der Waals surface area contributed by atoms with Gasteiger partial charge in [0.1, 0.15) is 0 Å². The number of hydrogen-bond acceptors (Lipinski definition) is 6. The minimum atomic E-state index is -0.227. The molecule has 2 heterocycles. The van der Waals surface area contributed by atoms with Crippen LogP contribution in [0.3, 0.4) is 0 Å². The second kappa shape index (κ2) is 4.62. The molecule has 2 rings (SSSR count). The van der Waals surface area contributed by atoms with Crippen LogP contribution in [0.25, 0.3) is 0 Å². The van der Waals surface area contributed by atoms with Gasteiger partial charge in [-0.1, -0.05) is 5.10 Å². The zero-order chi connectivity index (χ0) is 12.5. The minimum Gasteiger partial charge on any atom is -0.406 e. The topological polar surface area (TPSA) is 77.4 Å². The number of anilines is 1. The molecular formula is C11H20N4O2. The molecule has 96 valence electrons. The smallest absolute Gasteiger partial charge is 0.318 e. The Labute approximate surface area is 101 Å². The molecule has 0 spiro atoms. The molecule has 0 bridgehead atoms. The fourth-order valence-corrected chi connectivity index (χ4v) is 2.07. The van der Waals surface area contributed by atoms with Crippen LogP contribution in [0.4, 0.5) is 6.01 Å². The first-order valence-corrected chi connectivity index (χ1v) is 5.93. The molecule has 6 nitrogen and oxygen atoms in total. The summed E-state index contributed by atoms with van der Waals surface area (Å²) in [7, 11) is 1.74. The highest BCUT2D eigenvalue weighted by Gasteiger charge is 2.33. The van der Waals surface area contributed by atoms with Crippen molar-refractivity contribution in [3.63, 3.8) is 0 Å². The van der Waals surface area contributed by atoms with Crippen LogP contribution in [0.5, 0.6) is 0 Å². The van der Waals surface area contributed by atoms with Crippen molar-refractivity contribution in [1.29, 1.82) is 0 Å². The average Bonchev–Trinajstić information content (AvgIpc) is 2.78. The molecule has 2 atom stereocenters. The second-order valence-corrected chi connectivity index (χ2v) is 4.89. The van der Waals surface area contributed by atoms with Crippen molar-refractivity contribution in [3.8, 4) is 0 Å². The molecule has 0 aromatic carbocycles. The maximum Gasteiger partial charge on any atom is 0.318 e. The Morgan fingerprint density at radius 2 is 2.29 bits per heavy atom. The van der Waals surface area contributed by atoms with E-state index in [9.17, 15) is 0 Å². The van der Waals surface area contributed by atoms with Gasteiger partial charge in [-0.3, -0.25) is 0 Å². The number of nitrogens with zero attached hydrogens (tertiary/aromatic N) is 3. The molecule has 1 aliphatic heterocycles. The lowest BCUT2D eigenvalue weighted by molar-refractivity contribution is -0.00568. The van der Waals surface area contributed by atoms with Crippen LogP contribution in [0.15, 0.2) is 4.42 Å². The molecular weight excluding hydrogens is 220 g/mol. The van der Waals surface area contributed by atoms with Gasteiger partial charge in [0.15, 0.2) is 0 Å². The minimum absolute atomic E-state index is 0.138. The molecule has 1 saturated heterocycles. The lowest BCUT2D eigenvalue weighted by Gasteiger charge is -2.38. The third-order valence-corrected chi connectivity index (χ3v) is 3.24. The molecule has 1 aliphatic rings. The van der Waals surface area contributed by atoms with Gasteiger partial charge in [0.05, 0.1) is 18.2 Å². The Bertz CT molecular complexity index is 379. The van der Waals surface area contributed by atoms with Crippen LogP contribution >= 0.6 is 0 Å². The predicted octanol–water partition coefficient (Wildman–Crippen LogP) is 1.09. The standard InChI is InChI=1S/C11H20N4O2/c1-8(12)9-13-14-10(17-9)15-6-4-5-11(2,7-15)16-3/h8H,4-7,12H2,1-3H3. The van der Waals surface area contributed by atoms with Crippen LogP contribution in [0, 0.1) is 0 Å². The first-order chi connectivity index (χ1) is 8.04. The van der Waals surface area contributed by atoms with E-state index in [4.69, 9.17) is 14.9 Å². The lowest BCUT2D eigenvalue weighted by Crippen LogP contribution is -2.47. The van der Waals surface area contributed by atoms with Crippen LogP contribution < -0.4 is 10.6 Å². The summed E-state index contributed by atoms with van der Waals surface area (Å²) in [5.41, 5.74) is 5.56. The Kier molecular flexibility index (Phi) is 3.35. The summed E-state index contributed by atoms with van der Waals surface area (Å²) in [6.07, 6.45) is 2.11. The first-order valence-electron chi connectivity index (χ1n) is 5.93. The van der Waals surface area contributed by atoms with Crippen LogP contribution in [0.1, 0.15) is 38.6 Å². The normalized spacial score (nSPS) is 27.2. The Balaban J connectivity index is 2.11. The van der Waals surface area contributed by atoms with Gasteiger partial charge >= 0.3 is 6.01 Å². The Hall–Kier alpha value is -1.14. The SMILES string of the molecule is COC1(C)CCCN(c2nnc(C(C)N)o2)C1. The van der Waals surface area contributed by atoms with Crippen molar-refractivity contribution in [2.24, 2.45) is 5.73 Å². The van der Waals surface area contributed by atoms with Gasteiger partial charge in [0, 0.05) is 13.7 Å². The third-order valence-electron chi connectivity index (χ3n) is 3.24. The Morgan fingerprint density at radius 1 is 1.53 bits per heavy atom. The van der Waals surface area contributed by atoms with E-state index in [2.05, 4.69) is 22.0 Å². The highest BCUT2D eigenvalue weighted by atomic mass is 16.5. The zero-order valence-corrected chi connectivity index (χ0v) is 10.6. The fourth-order valence-electron chi connectivity index (χ4n) is 2.07. The summed E-state index contributed by atoms with van der Waals surface area (Å²) in [6, 6.07) is 0.315. The molecule has 1 aromatic heterocycles. The van der Waals surface area contributed by atoms with Crippen LogP contribution in [-0.2, 0) is 4.74 Å². The summed E-state index contributed by atoms with van der Waals surface area (Å²) in [5.74, 6) is 0.477. The van der Waals surface area contributed by atoms with Crippen molar-refractivity contribution in [2.75, 3.05) is 25.1 Å². The van der Waals surface area contributed by atoms with E-state index in [-0.39, 0.29) is 11.6 Å². The Morgan fingerprint density at radius 3 is 2.88 bits per heavy atom. The number of piperidine rings is 1. The van der Waals surface area contributed by atoms with Gasteiger partial charge in [0.25, 0.3) is 0 Å². The third kappa shape index (κ3) is 2.58. The average molecular weight is 240 g/mol. The van der Waals surface area contributed by atoms with Gasteiger partial charge in [-0.15, -0.1) is 5.10 Å². The molecule has 0 aliphatic carbocycles. The molecule has 2 N–H and O–H groups in total. The number of methoxy groups -OCH3 is 1. The lowest BCUT2D eigenvalue weighted by atomic mass is 9.95. The van der Waals surface area contributed by atoms with Crippen molar-refractivity contribution >= 4 is 6.01 Å². The maximum absolute atomic E-state index is 5.70. The second-order valence-electron chi connectivity index (χ2n) is 4.89. The molecule has 17 heavy (non-hydrogen) atoms. The molecule has 0 amide bonds. The van der Waals surface area contributed by atoms with Gasteiger partial charge in [-0.25, -0.2) is 0 Å². The van der Waals surface area contributed by atoms with E-state index < -0.39 is 0 Å². The summed E-state index contributed by atoms with van der Waals surface area (Å²) in [5, 5.41) is 7.97. The monoisotopic (exact) mass is 240 g/mol. The fraction of sp³-hybridized carbons (Fsp3) is 0.818. The molecule has 6 heteroatoms. The highest BCUT2D eigenvalue weighted by Crippen LogP contribution is 2.27. The van der Waals surface area contributed by atoms with E-state index in [0.29, 0.717) is 11.9 Å². The number of hydrogen-bond donors (Lipinski definition) is 1. The first kappa shape index (κ1) is 12.3. The van der Waals surface area contributed by atoms with Gasteiger partial charge < -0.3 is 19.8 Å². The quantitative estimate of drug-likeness (QED) is 0.852. The van der Waals surface area contributed by atoms with Crippen LogP contribution in [0.2, 0.25) is 0 Å². The number of rotatable bonds is 3. The van der Waals surface area contributed by atoms with Crippen molar-refractivity contribution < 1.29 is 9.15 Å². The van der Waals surface area contributed by atoms with Crippen molar-refractivity contribution in [2.45, 2.75) is 38.3 Å². The highest BCUT2D eigenvalue weighted by molar-refractivity contribution is 5.26. The van der Waals surface area contributed by atoms with Crippen LogP contribution in [-0.4, -0.2) is 36.0 Å².